The van der Waals surface area contributed by atoms with Crippen molar-refractivity contribution >= 4 is 38.3 Å². The first-order chi connectivity index (χ1) is 12.3. The number of halogens is 1. The minimum atomic E-state index is -3.87. The molecule has 1 saturated heterocycles. The maximum atomic E-state index is 13.1. The van der Waals surface area contributed by atoms with Gasteiger partial charge in [0.1, 0.15) is 6.61 Å². The second-order valence-electron chi connectivity index (χ2n) is 5.99. The van der Waals surface area contributed by atoms with E-state index in [1.54, 1.807) is 0 Å². The zero-order valence-electron chi connectivity index (χ0n) is 14.0. The van der Waals surface area contributed by atoms with Crippen LogP contribution in [0.5, 0.6) is 0 Å². The Hall–Kier alpha value is -1.94. The molecule has 1 aliphatic rings. The lowest BCUT2D eigenvalue weighted by Crippen LogP contribution is -2.40. The monoisotopic (exact) mass is 399 g/mol. The van der Waals surface area contributed by atoms with E-state index in [1.165, 1.54) is 35.8 Å². The van der Waals surface area contributed by atoms with Gasteiger partial charge >= 0.3 is 0 Å². The summed E-state index contributed by atoms with van der Waals surface area (Å²) in [6.07, 6.45) is 1.77. The Balaban J connectivity index is 1.93. The van der Waals surface area contributed by atoms with Gasteiger partial charge in [-0.15, -0.1) is 0 Å². The predicted octanol–water partition coefficient (Wildman–Crippen LogP) is 0.707. The number of sulfonamides is 1. The number of H-pyrrole nitrogens is 1. The third-order valence-corrected chi connectivity index (χ3v) is 6.45. The second kappa shape index (κ2) is 7.36. The van der Waals surface area contributed by atoms with Crippen LogP contribution in [0.2, 0.25) is 5.02 Å². The molecule has 1 aromatic carbocycles. The zero-order chi connectivity index (χ0) is 18.9. The van der Waals surface area contributed by atoms with Crippen molar-refractivity contribution in [3.05, 3.63) is 39.8 Å². The molecule has 2 N–H and O–H groups in total. The largest absolute Gasteiger partial charge is 0.375 e. The van der Waals surface area contributed by atoms with E-state index < -0.39 is 15.6 Å². The van der Waals surface area contributed by atoms with Gasteiger partial charge in [0.2, 0.25) is 15.9 Å². The van der Waals surface area contributed by atoms with E-state index in [0.717, 1.165) is 0 Å². The van der Waals surface area contributed by atoms with Crippen molar-refractivity contribution in [2.75, 3.05) is 26.8 Å². The van der Waals surface area contributed by atoms with E-state index >= 15 is 0 Å². The smallest absolute Gasteiger partial charge is 0.255 e. The minimum absolute atomic E-state index is 0.0185. The highest BCUT2D eigenvalue weighted by Gasteiger charge is 2.34. The summed E-state index contributed by atoms with van der Waals surface area (Å²) in [6.45, 7) is 0.331. The van der Waals surface area contributed by atoms with Crippen LogP contribution >= 0.6 is 11.6 Å². The highest BCUT2D eigenvalue weighted by Crippen LogP contribution is 2.30. The quantitative estimate of drug-likeness (QED) is 0.769. The number of hydrogen-bond donors (Lipinski definition) is 2. The number of aromatic nitrogens is 1. The number of nitrogens with zero attached hydrogens (tertiary/aromatic N) is 1. The zero-order valence-corrected chi connectivity index (χ0v) is 15.6. The van der Waals surface area contributed by atoms with Gasteiger partial charge in [-0.1, -0.05) is 17.7 Å². The fourth-order valence-corrected chi connectivity index (χ4v) is 5.11. The average Bonchev–Trinajstić information content (AvgIpc) is 3.07. The third-order valence-electron chi connectivity index (χ3n) is 4.25. The van der Waals surface area contributed by atoms with Crippen molar-refractivity contribution in [1.82, 2.24) is 14.6 Å². The number of rotatable bonds is 5. The molecule has 0 spiro atoms. The number of fused-ring (bicyclic) bond motifs is 1. The Kier molecular flexibility index (Phi) is 5.33. The molecule has 140 valence electrons. The van der Waals surface area contributed by atoms with Crippen molar-refractivity contribution in [2.24, 2.45) is 0 Å². The molecule has 1 fully saturated rings. The van der Waals surface area contributed by atoms with Crippen LogP contribution in [0, 0.1) is 0 Å². The normalized spacial score (nSPS) is 18.3. The van der Waals surface area contributed by atoms with Crippen molar-refractivity contribution in [3.8, 4) is 0 Å². The van der Waals surface area contributed by atoms with E-state index in [-0.39, 0.29) is 52.3 Å². The highest BCUT2D eigenvalue weighted by atomic mass is 35.5. The molecular weight excluding hydrogens is 382 g/mol. The molecule has 2 heterocycles. The molecular formula is C16H18ClN3O5S. The summed E-state index contributed by atoms with van der Waals surface area (Å²) in [5, 5.41) is 3.31. The molecule has 0 unspecified atom stereocenters. The maximum absolute atomic E-state index is 13.1. The lowest BCUT2D eigenvalue weighted by Gasteiger charge is -2.18. The Morgan fingerprint density at radius 3 is 2.96 bits per heavy atom. The first kappa shape index (κ1) is 18.8. The number of aromatic amines is 1. The topological polar surface area (TPSA) is 109 Å². The van der Waals surface area contributed by atoms with Crippen molar-refractivity contribution in [3.63, 3.8) is 0 Å². The maximum Gasteiger partial charge on any atom is 0.255 e. The Labute approximate surface area is 155 Å². The fourth-order valence-electron chi connectivity index (χ4n) is 3.06. The van der Waals surface area contributed by atoms with Crippen LogP contribution in [0.4, 0.5) is 0 Å². The Bertz CT molecular complexity index is 1000. The molecule has 1 aliphatic heterocycles. The van der Waals surface area contributed by atoms with Gasteiger partial charge in [-0.2, -0.15) is 4.31 Å². The molecule has 0 saturated carbocycles. The van der Waals surface area contributed by atoms with E-state index in [1.807, 2.05) is 0 Å². The van der Waals surface area contributed by atoms with E-state index in [9.17, 15) is 18.0 Å². The number of benzene rings is 1. The van der Waals surface area contributed by atoms with Gasteiger partial charge in [0, 0.05) is 43.2 Å². The number of carbonyl (C=O) groups excluding carboxylic acids is 1. The van der Waals surface area contributed by atoms with Gasteiger partial charge in [-0.25, -0.2) is 8.42 Å². The molecule has 10 heteroatoms. The molecule has 26 heavy (non-hydrogen) atoms. The van der Waals surface area contributed by atoms with Gasteiger partial charge < -0.3 is 15.0 Å². The van der Waals surface area contributed by atoms with Crippen molar-refractivity contribution < 1.29 is 17.9 Å². The van der Waals surface area contributed by atoms with Crippen LogP contribution < -0.4 is 10.9 Å². The number of methoxy groups -OCH3 is 1. The van der Waals surface area contributed by atoms with Crippen LogP contribution in [-0.2, 0) is 19.6 Å². The molecule has 1 aromatic heterocycles. The molecule has 8 nitrogen and oxygen atoms in total. The third kappa shape index (κ3) is 3.48. The minimum Gasteiger partial charge on any atom is -0.375 e. The lowest BCUT2D eigenvalue weighted by molar-refractivity contribution is -0.125. The molecule has 0 aliphatic carbocycles. The van der Waals surface area contributed by atoms with Crippen molar-refractivity contribution in [2.45, 2.75) is 17.4 Å². The van der Waals surface area contributed by atoms with Crippen LogP contribution in [0.3, 0.4) is 0 Å². The number of pyridine rings is 1. The molecule has 1 amide bonds. The standard InChI is InChI=1S/C16H18ClN3O5S/c1-25-9-14(21)19-10-5-6-20(8-10)26(23,24)13-4-2-3-11-15(13)12(17)7-18-16(11)22/h2-4,7,10H,5-6,8-9H2,1H3,(H,18,22)(H,19,21)/t10-/m0/s1. The lowest BCUT2D eigenvalue weighted by atomic mass is 10.2. The number of nitrogens with one attached hydrogen (secondary N) is 2. The molecule has 1 atom stereocenters. The summed E-state index contributed by atoms with van der Waals surface area (Å²) in [7, 11) is -2.46. The number of ether oxygens (including phenoxy) is 1. The Morgan fingerprint density at radius 1 is 1.46 bits per heavy atom. The summed E-state index contributed by atoms with van der Waals surface area (Å²) >= 11 is 6.16. The van der Waals surface area contributed by atoms with Crippen LogP contribution in [0.15, 0.2) is 34.1 Å². The molecule has 3 rings (SSSR count). The van der Waals surface area contributed by atoms with Crippen LogP contribution in [0.1, 0.15) is 6.42 Å². The highest BCUT2D eigenvalue weighted by molar-refractivity contribution is 7.89. The van der Waals surface area contributed by atoms with Gasteiger partial charge in [0.05, 0.1) is 9.92 Å². The van der Waals surface area contributed by atoms with Crippen molar-refractivity contribution in [1.29, 1.82) is 0 Å². The average molecular weight is 400 g/mol. The summed E-state index contributed by atoms with van der Waals surface area (Å²) in [5.74, 6) is -0.295. The number of hydrogen-bond acceptors (Lipinski definition) is 5. The number of amides is 1. The van der Waals surface area contributed by atoms with Gasteiger partial charge in [0.25, 0.3) is 5.56 Å². The van der Waals surface area contributed by atoms with Crippen LogP contribution in [-0.4, -0.2) is 56.5 Å². The van der Waals surface area contributed by atoms with E-state index in [0.29, 0.717) is 6.42 Å². The van der Waals surface area contributed by atoms with Gasteiger partial charge in [-0.3, -0.25) is 9.59 Å². The number of carbonyl (C=O) groups is 1. The van der Waals surface area contributed by atoms with E-state index in [2.05, 4.69) is 10.3 Å². The summed E-state index contributed by atoms with van der Waals surface area (Å²) < 4.78 is 32.2. The molecule has 0 radical (unpaired) electrons. The summed E-state index contributed by atoms with van der Waals surface area (Å²) in [5.41, 5.74) is -0.410. The molecule has 0 bridgehead atoms. The first-order valence-electron chi connectivity index (χ1n) is 7.93. The fraction of sp³-hybridized carbons (Fsp3) is 0.375. The Morgan fingerprint density at radius 2 is 2.23 bits per heavy atom. The summed E-state index contributed by atoms with van der Waals surface area (Å²) in [4.78, 5) is 26.1. The predicted molar refractivity (Wildman–Crippen MR) is 96.8 cm³/mol. The van der Waals surface area contributed by atoms with E-state index in [4.69, 9.17) is 16.3 Å². The molecule has 2 aromatic rings. The summed E-state index contributed by atoms with van der Waals surface area (Å²) in [6, 6.07) is 4.17. The van der Waals surface area contributed by atoms with Gasteiger partial charge in [-0.05, 0) is 18.6 Å². The second-order valence-corrected chi connectivity index (χ2v) is 8.31. The van der Waals surface area contributed by atoms with Crippen LogP contribution in [0.25, 0.3) is 10.8 Å². The SMILES string of the molecule is COCC(=O)N[C@H]1CCN(S(=O)(=O)c2cccc3c(=O)[nH]cc(Cl)c23)C1. The van der Waals surface area contributed by atoms with Gasteiger partial charge in [0.15, 0.2) is 0 Å². The first-order valence-corrected chi connectivity index (χ1v) is 9.74.